The van der Waals surface area contributed by atoms with Crippen LogP contribution in [0.15, 0.2) is 97.1 Å². The Morgan fingerprint density at radius 2 is 1.90 bits per heavy atom. The highest BCUT2D eigenvalue weighted by Gasteiger charge is 2.08. The summed E-state index contributed by atoms with van der Waals surface area (Å²) in [6.07, 6.45) is 11.3. The second-order valence-corrected chi connectivity index (χ2v) is 7.13. The second-order valence-electron chi connectivity index (χ2n) is 7.13. The first-order valence-corrected chi connectivity index (χ1v) is 9.83. The Morgan fingerprint density at radius 1 is 1.10 bits per heavy atom. The zero-order chi connectivity index (χ0) is 21.9. The molecule has 0 heterocycles. The van der Waals surface area contributed by atoms with Crippen molar-refractivity contribution in [3.05, 3.63) is 114 Å². The van der Waals surface area contributed by atoms with Crippen molar-refractivity contribution in [1.82, 2.24) is 0 Å². The summed E-state index contributed by atoms with van der Waals surface area (Å²) in [5, 5.41) is 2.94. The summed E-state index contributed by atoms with van der Waals surface area (Å²) in [6.45, 7) is 14.0. The summed E-state index contributed by atoms with van der Waals surface area (Å²) >= 11 is 0. The molecular weight excluding hydrogens is 370 g/mol. The Balaban J connectivity index is 2.11. The highest BCUT2D eigenvalue weighted by atomic mass is 16.5. The van der Waals surface area contributed by atoms with Gasteiger partial charge in [-0.3, -0.25) is 4.79 Å². The van der Waals surface area contributed by atoms with E-state index in [2.05, 4.69) is 18.5 Å². The molecule has 3 heteroatoms. The van der Waals surface area contributed by atoms with Crippen molar-refractivity contribution >= 4 is 17.7 Å². The summed E-state index contributed by atoms with van der Waals surface area (Å²) < 4.78 is 5.78. The highest BCUT2D eigenvalue weighted by molar-refractivity contribution is 6.04. The minimum absolute atomic E-state index is 0.164. The van der Waals surface area contributed by atoms with Crippen LogP contribution in [0.3, 0.4) is 0 Å². The van der Waals surface area contributed by atoms with Crippen LogP contribution in [-0.2, 0) is 0 Å². The molecule has 2 aromatic rings. The van der Waals surface area contributed by atoms with Gasteiger partial charge in [-0.15, -0.1) is 0 Å². The molecule has 0 aliphatic rings. The number of ether oxygens (including phenoxy) is 1. The molecule has 0 saturated heterocycles. The standard InChI is InChI=1S/C27H29NO2/c1-6-10-22(7-2)19-30-26-14-9-13-25(18-26)28-27(29)24-16-15-21(5)23(17-24)12-8-11-20(3)4/h6-18H,1-2,19H2,3-5H3,(H,28,29)/b12-8-,22-10+. The summed E-state index contributed by atoms with van der Waals surface area (Å²) in [4.78, 5) is 12.7. The molecule has 3 nitrogen and oxygen atoms in total. The van der Waals surface area contributed by atoms with Crippen LogP contribution in [0.1, 0.15) is 35.3 Å². The Morgan fingerprint density at radius 3 is 2.60 bits per heavy atom. The number of carbonyl (C=O) groups is 1. The van der Waals surface area contributed by atoms with Gasteiger partial charge in [0.15, 0.2) is 0 Å². The lowest BCUT2D eigenvalue weighted by Gasteiger charge is -2.10. The molecule has 0 aliphatic heterocycles. The quantitative estimate of drug-likeness (QED) is 0.466. The van der Waals surface area contributed by atoms with Crippen LogP contribution in [0, 0.1) is 6.92 Å². The van der Waals surface area contributed by atoms with Crippen molar-refractivity contribution in [2.75, 3.05) is 11.9 Å². The molecule has 0 aromatic heterocycles. The molecule has 0 bridgehead atoms. The van der Waals surface area contributed by atoms with Crippen molar-refractivity contribution in [2.45, 2.75) is 20.8 Å². The van der Waals surface area contributed by atoms with Gasteiger partial charge in [-0.1, -0.05) is 67.3 Å². The molecule has 1 amide bonds. The van der Waals surface area contributed by atoms with E-state index in [-0.39, 0.29) is 5.91 Å². The maximum atomic E-state index is 12.7. The van der Waals surface area contributed by atoms with Gasteiger partial charge >= 0.3 is 0 Å². The fourth-order valence-electron chi connectivity index (χ4n) is 2.67. The van der Waals surface area contributed by atoms with E-state index in [0.29, 0.717) is 23.6 Å². The molecular formula is C27H29NO2. The van der Waals surface area contributed by atoms with Gasteiger partial charge in [-0.05, 0) is 61.7 Å². The van der Waals surface area contributed by atoms with E-state index in [0.717, 1.165) is 16.7 Å². The normalized spacial score (nSPS) is 11.1. The van der Waals surface area contributed by atoms with Gasteiger partial charge in [0, 0.05) is 17.3 Å². The van der Waals surface area contributed by atoms with E-state index in [4.69, 9.17) is 4.74 Å². The van der Waals surface area contributed by atoms with Gasteiger partial charge in [0.2, 0.25) is 0 Å². The van der Waals surface area contributed by atoms with E-state index >= 15 is 0 Å². The number of rotatable bonds is 9. The summed E-state index contributed by atoms with van der Waals surface area (Å²) in [5.74, 6) is 0.501. The molecule has 0 fully saturated rings. The number of carbonyl (C=O) groups excluding carboxylic acids is 1. The number of hydrogen-bond acceptors (Lipinski definition) is 2. The molecule has 0 atom stereocenters. The van der Waals surface area contributed by atoms with Gasteiger partial charge in [-0.2, -0.15) is 0 Å². The first-order valence-electron chi connectivity index (χ1n) is 9.83. The third-order valence-corrected chi connectivity index (χ3v) is 4.34. The first kappa shape index (κ1) is 22.7. The SMILES string of the molecule is C=C/C=C(\C=C)COc1cccc(NC(=O)c2ccc(C)c(/C=C\C=C(C)C)c2)c1. The molecule has 0 aliphatic carbocycles. The summed E-state index contributed by atoms with van der Waals surface area (Å²) in [5.41, 5.74) is 5.56. The van der Waals surface area contributed by atoms with Gasteiger partial charge in [0.1, 0.15) is 12.4 Å². The van der Waals surface area contributed by atoms with E-state index in [1.54, 1.807) is 18.2 Å². The van der Waals surface area contributed by atoms with E-state index in [1.165, 1.54) is 5.57 Å². The molecule has 0 unspecified atom stereocenters. The zero-order valence-corrected chi connectivity index (χ0v) is 17.9. The van der Waals surface area contributed by atoms with Crippen LogP contribution in [0.4, 0.5) is 5.69 Å². The van der Waals surface area contributed by atoms with Crippen LogP contribution in [0.2, 0.25) is 0 Å². The first-order chi connectivity index (χ1) is 14.4. The summed E-state index contributed by atoms with van der Waals surface area (Å²) in [7, 11) is 0. The number of nitrogens with one attached hydrogen (secondary N) is 1. The van der Waals surface area contributed by atoms with Crippen molar-refractivity contribution in [3.63, 3.8) is 0 Å². The maximum Gasteiger partial charge on any atom is 0.255 e. The topological polar surface area (TPSA) is 38.3 Å². The fraction of sp³-hybridized carbons (Fsp3) is 0.148. The molecule has 0 spiro atoms. The number of amides is 1. The highest BCUT2D eigenvalue weighted by Crippen LogP contribution is 2.20. The molecule has 0 radical (unpaired) electrons. The number of allylic oxidation sites excluding steroid dienone is 5. The molecule has 2 rings (SSSR count). The minimum Gasteiger partial charge on any atom is -0.489 e. The summed E-state index contributed by atoms with van der Waals surface area (Å²) in [6, 6.07) is 13.0. The average molecular weight is 400 g/mol. The largest absolute Gasteiger partial charge is 0.489 e. The predicted molar refractivity (Wildman–Crippen MR) is 128 cm³/mol. The van der Waals surface area contributed by atoms with Gasteiger partial charge < -0.3 is 10.1 Å². The average Bonchev–Trinajstić information content (AvgIpc) is 2.72. The lowest BCUT2D eigenvalue weighted by molar-refractivity contribution is 0.102. The number of hydrogen-bond donors (Lipinski definition) is 1. The third-order valence-electron chi connectivity index (χ3n) is 4.34. The fourth-order valence-corrected chi connectivity index (χ4v) is 2.67. The Labute approximate surface area is 179 Å². The minimum atomic E-state index is -0.164. The van der Waals surface area contributed by atoms with E-state index < -0.39 is 0 Å². The predicted octanol–water partition coefficient (Wildman–Crippen LogP) is 6.90. The van der Waals surface area contributed by atoms with Crippen molar-refractivity contribution < 1.29 is 9.53 Å². The van der Waals surface area contributed by atoms with E-state index in [1.807, 2.05) is 81.5 Å². The zero-order valence-electron chi connectivity index (χ0n) is 17.9. The molecule has 30 heavy (non-hydrogen) atoms. The van der Waals surface area contributed by atoms with Crippen molar-refractivity contribution in [1.29, 1.82) is 0 Å². The molecule has 2 aromatic carbocycles. The number of anilines is 1. The second kappa shape index (κ2) is 11.4. The van der Waals surface area contributed by atoms with Crippen LogP contribution < -0.4 is 10.1 Å². The monoisotopic (exact) mass is 399 g/mol. The molecule has 154 valence electrons. The number of aryl methyl sites for hydroxylation is 1. The third kappa shape index (κ3) is 7.10. The van der Waals surface area contributed by atoms with Gasteiger partial charge in [-0.25, -0.2) is 0 Å². The van der Waals surface area contributed by atoms with Crippen molar-refractivity contribution in [2.24, 2.45) is 0 Å². The van der Waals surface area contributed by atoms with Crippen LogP contribution in [0.25, 0.3) is 6.08 Å². The van der Waals surface area contributed by atoms with E-state index in [9.17, 15) is 4.79 Å². The Hall–Kier alpha value is -3.59. The lowest BCUT2D eigenvalue weighted by Crippen LogP contribution is -2.12. The van der Waals surface area contributed by atoms with Crippen LogP contribution in [0.5, 0.6) is 5.75 Å². The maximum absolute atomic E-state index is 12.7. The number of benzene rings is 2. The van der Waals surface area contributed by atoms with Crippen LogP contribution in [-0.4, -0.2) is 12.5 Å². The molecule has 0 saturated carbocycles. The van der Waals surface area contributed by atoms with Crippen molar-refractivity contribution in [3.8, 4) is 5.75 Å². The molecule has 1 N–H and O–H groups in total. The van der Waals surface area contributed by atoms with Gasteiger partial charge in [0.05, 0.1) is 0 Å². The van der Waals surface area contributed by atoms with Gasteiger partial charge in [0.25, 0.3) is 5.91 Å². The Bertz CT molecular complexity index is 1010. The Kier molecular flexibility index (Phi) is 8.64. The lowest BCUT2D eigenvalue weighted by atomic mass is 10.0. The van der Waals surface area contributed by atoms with Crippen LogP contribution >= 0.6 is 0 Å². The smallest absolute Gasteiger partial charge is 0.255 e.